The molecule has 0 saturated carbocycles. The third-order valence-corrected chi connectivity index (χ3v) is 2.93. The van der Waals surface area contributed by atoms with Gasteiger partial charge < -0.3 is 10.6 Å². The molecule has 76 valence electrons. The molecule has 1 aliphatic rings. The first-order chi connectivity index (χ1) is 6.20. The molecule has 1 rings (SSSR count). The van der Waals surface area contributed by atoms with Gasteiger partial charge in [0.05, 0.1) is 4.99 Å². The molecule has 1 heterocycles. The highest BCUT2D eigenvalue weighted by Gasteiger charge is 2.15. The second-order valence-electron chi connectivity index (χ2n) is 3.97. The standard InChI is InChI=1S/C10H20N2S/c1-9(8-10(11)13)12-6-4-2-3-5-7-12/h9H,2-8H2,1H3,(H2,11,13). The van der Waals surface area contributed by atoms with Gasteiger partial charge in [-0.15, -0.1) is 0 Å². The third kappa shape index (κ3) is 4.05. The molecular formula is C10H20N2S. The van der Waals surface area contributed by atoms with Crippen molar-refractivity contribution in [2.24, 2.45) is 5.73 Å². The van der Waals surface area contributed by atoms with Crippen LogP contribution in [-0.4, -0.2) is 29.0 Å². The van der Waals surface area contributed by atoms with Gasteiger partial charge >= 0.3 is 0 Å². The van der Waals surface area contributed by atoms with E-state index in [0.717, 1.165) is 6.42 Å². The maximum absolute atomic E-state index is 5.54. The fourth-order valence-corrected chi connectivity index (χ4v) is 2.20. The van der Waals surface area contributed by atoms with Crippen LogP contribution in [0, 0.1) is 0 Å². The number of thiocarbonyl (C=S) groups is 1. The van der Waals surface area contributed by atoms with Gasteiger partial charge in [-0.1, -0.05) is 25.1 Å². The minimum atomic E-state index is 0.538. The van der Waals surface area contributed by atoms with Crippen molar-refractivity contribution in [2.75, 3.05) is 13.1 Å². The summed E-state index contributed by atoms with van der Waals surface area (Å²) >= 11 is 4.93. The van der Waals surface area contributed by atoms with E-state index in [2.05, 4.69) is 11.8 Å². The van der Waals surface area contributed by atoms with E-state index in [1.165, 1.54) is 38.8 Å². The molecule has 1 fully saturated rings. The van der Waals surface area contributed by atoms with Gasteiger partial charge in [0.1, 0.15) is 0 Å². The smallest absolute Gasteiger partial charge is 0.0742 e. The fourth-order valence-electron chi connectivity index (χ4n) is 1.96. The van der Waals surface area contributed by atoms with E-state index in [9.17, 15) is 0 Å². The molecule has 0 aliphatic carbocycles. The van der Waals surface area contributed by atoms with Gasteiger partial charge in [0.25, 0.3) is 0 Å². The Kier molecular flexibility index (Phi) is 4.67. The van der Waals surface area contributed by atoms with E-state index in [1.807, 2.05) is 0 Å². The lowest BCUT2D eigenvalue weighted by atomic mass is 10.2. The van der Waals surface area contributed by atoms with Gasteiger partial charge in [-0.05, 0) is 32.9 Å². The summed E-state index contributed by atoms with van der Waals surface area (Å²) in [6.45, 7) is 4.68. The van der Waals surface area contributed by atoms with Crippen molar-refractivity contribution in [1.82, 2.24) is 4.90 Å². The molecule has 0 aromatic heterocycles. The average molecular weight is 200 g/mol. The lowest BCUT2D eigenvalue weighted by Gasteiger charge is -2.27. The maximum atomic E-state index is 5.54. The van der Waals surface area contributed by atoms with E-state index in [-0.39, 0.29) is 0 Å². The Labute approximate surface area is 86.5 Å². The molecule has 0 spiro atoms. The van der Waals surface area contributed by atoms with Crippen molar-refractivity contribution < 1.29 is 0 Å². The Morgan fingerprint density at radius 3 is 2.31 bits per heavy atom. The van der Waals surface area contributed by atoms with Crippen molar-refractivity contribution >= 4 is 17.2 Å². The van der Waals surface area contributed by atoms with Crippen LogP contribution in [0.15, 0.2) is 0 Å². The monoisotopic (exact) mass is 200 g/mol. The highest BCUT2D eigenvalue weighted by molar-refractivity contribution is 7.80. The predicted octanol–water partition coefficient (Wildman–Crippen LogP) is 1.93. The summed E-state index contributed by atoms with van der Waals surface area (Å²) in [5, 5.41) is 0. The molecule has 0 aromatic rings. The second-order valence-corrected chi connectivity index (χ2v) is 4.49. The van der Waals surface area contributed by atoms with Gasteiger partial charge in [0, 0.05) is 12.5 Å². The summed E-state index contributed by atoms with van der Waals surface area (Å²) in [6.07, 6.45) is 6.31. The number of hydrogen-bond acceptors (Lipinski definition) is 2. The van der Waals surface area contributed by atoms with Crippen molar-refractivity contribution in [2.45, 2.75) is 45.1 Å². The van der Waals surface area contributed by atoms with E-state index in [1.54, 1.807) is 0 Å². The number of nitrogens with zero attached hydrogens (tertiary/aromatic N) is 1. The Morgan fingerprint density at radius 2 is 1.85 bits per heavy atom. The highest BCUT2D eigenvalue weighted by atomic mass is 32.1. The number of rotatable bonds is 3. The average Bonchev–Trinajstić information content (AvgIpc) is 2.29. The van der Waals surface area contributed by atoms with Crippen molar-refractivity contribution in [3.05, 3.63) is 0 Å². The van der Waals surface area contributed by atoms with Crippen LogP contribution in [0.25, 0.3) is 0 Å². The summed E-state index contributed by atoms with van der Waals surface area (Å²) in [5.74, 6) is 0. The van der Waals surface area contributed by atoms with Crippen LogP contribution >= 0.6 is 12.2 Å². The molecule has 0 amide bonds. The summed E-state index contributed by atoms with van der Waals surface area (Å²) in [6, 6.07) is 0.538. The Morgan fingerprint density at radius 1 is 1.31 bits per heavy atom. The van der Waals surface area contributed by atoms with Crippen LogP contribution in [0.3, 0.4) is 0 Å². The molecule has 1 atom stereocenters. The first-order valence-corrected chi connectivity index (χ1v) is 5.63. The first-order valence-electron chi connectivity index (χ1n) is 5.22. The zero-order valence-electron chi connectivity index (χ0n) is 8.46. The maximum Gasteiger partial charge on any atom is 0.0742 e. The molecule has 0 aromatic carbocycles. The van der Waals surface area contributed by atoms with Crippen molar-refractivity contribution in [1.29, 1.82) is 0 Å². The van der Waals surface area contributed by atoms with E-state index < -0.39 is 0 Å². The van der Waals surface area contributed by atoms with Crippen LogP contribution in [0.1, 0.15) is 39.0 Å². The summed E-state index contributed by atoms with van der Waals surface area (Å²) < 4.78 is 0. The normalized spacial score (nSPS) is 22.2. The summed E-state index contributed by atoms with van der Waals surface area (Å²) in [4.78, 5) is 3.17. The highest BCUT2D eigenvalue weighted by Crippen LogP contribution is 2.13. The quantitative estimate of drug-likeness (QED) is 0.706. The molecule has 1 saturated heterocycles. The summed E-state index contributed by atoms with van der Waals surface area (Å²) in [5.41, 5.74) is 5.54. The predicted molar refractivity (Wildman–Crippen MR) is 60.9 cm³/mol. The zero-order chi connectivity index (χ0) is 9.68. The molecule has 1 unspecified atom stereocenters. The fraction of sp³-hybridized carbons (Fsp3) is 0.900. The van der Waals surface area contributed by atoms with Crippen LogP contribution in [0.2, 0.25) is 0 Å². The lowest BCUT2D eigenvalue weighted by molar-refractivity contribution is 0.222. The Hall–Kier alpha value is -0.150. The molecular weight excluding hydrogens is 180 g/mol. The van der Waals surface area contributed by atoms with Gasteiger partial charge in [0.2, 0.25) is 0 Å². The second kappa shape index (κ2) is 5.55. The lowest BCUT2D eigenvalue weighted by Crippen LogP contribution is -2.36. The van der Waals surface area contributed by atoms with Gasteiger partial charge in [-0.2, -0.15) is 0 Å². The van der Waals surface area contributed by atoms with Gasteiger partial charge in [-0.25, -0.2) is 0 Å². The van der Waals surface area contributed by atoms with E-state index in [0.29, 0.717) is 11.0 Å². The number of nitrogens with two attached hydrogens (primary N) is 1. The minimum absolute atomic E-state index is 0.538. The van der Waals surface area contributed by atoms with E-state index >= 15 is 0 Å². The SMILES string of the molecule is CC(CC(N)=S)N1CCCCCC1. The van der Waals surface area contributed by atoms with Crippen molar-refractivity contribution in [3.63, 3.8) is 0 Å². The van der Waals surface area contributed by atoms with Crippen LogP contribution in [0.5, 0.6) is 0 Å². The van der Waals surface area contributed by atoms with Gasteiger partial charge in [-0.3, -0.25) is 0 Å². The molecule has 3 heteroatoms. The molecule has 1 aliphatic heterocycles. The molecule has 0 bridgehead atoms. The summed E-state index contributed by atoms with van der Waals surface area (Å²) in [7, 11) is 0. The molecule has 0 radical (unpaired) electrons. The van der Waals surface area contributed by atoms with Gasteiger partial charge in [0.15, 0.2) is 0 Å². The molecule has 13 heavy (non-hydrogen) atoms. The molecule has 2 nitrogen and oxygen atoms in total. The topological polar surface area (TPSA) is 29.3 Å². The van der Waals surface area contributed by atoms with Crippen molar-refractivity contribution in [3.8, 4) is 0 Å². The third-order valence-electron chi connectivity index (χ3n) is 2.76. The largest absolute Gasteiger partial charge is 0.393 e. The zero-order valence-corrected chi connectivity index (χ0v) is 9.28. The minimum Gasteiger partial charge on any atom is -0.393 e. The number of hydrogen-bond donors (Lipinski definition) is 1. The van der Waals surface area contributed by atoms with Crippen LogP contribution < -0.4 is 5.73 Å². The molecule has 2 N–H and O–H groups in total. The number of likely N-dealkylation sites (tertiary alicyclic amines) is 1. The van der Waals surface area contributed by atoms with Crippen LogP contribution in [-0.2, 0) is 0 Å². The first kappa shape index (κ1) is 10.9. The Bertz CT molecular complexity index is 162. The van der Waals surface area contributed by atoms with E-state index in [4.69, 9.17) is 18.0 Å². The van der Waals surface area contributed by atoms with Crippen LogP contribution in [0.4, 0.5) is 0 Å². The Balaban J connectivity index is 2.34.